The molecule has 1 aromatic heterocycles. The monoisotopic (exact) mass is 239 g/mol. The van der Waals surface area contributed by atoms with Crippen LogP contribution in [0.2, 0.25) is 0 Å². The average molecular weight is 240 g/mol. The number of hydrogen-bond acceptors (Lipinski definition) is 3. The van der Waals surface area contributed by atoms with Crippen LogP contribution in [0.15, 0.2) is 34.9 Å². The fourth-order valence-electron chi connectivity index (χ4n) is 1.19. The van der Waals surface area contributed by atoms with E-state index in [1.54, 1.807) is 12.3 Å². The molecule has 0 atom stereocenters. The van der Waals surface area contributed by atoms with Gasteiger partial charge >= 0.3 is 0 Å². The lowest BCUT2D eigenvalue weighted by Crippen LogP contribution is -1.87. The highest BCUT2D eigenvalue weighted by atomic mass is 79.9. The molecule has 4 heteroatoms. The van der Waals surface area contributed by atoms with Gasteiger partial charge in [-0.25, -0.2) is 5.26 Å². The lowest BCUT2D eigenvalue weighted by atomic mass is 10.2. The van der Waals surface area contributed by atoms with Crippen LogP contribution in [0.5, 0.6) is 5.75 Å². The molecule has 0 saturated carbocycles. The minimum atomic E-state index is 0.352. The van der Waals surface area contributed by atoms with Crippen molar-refractivity contribution in [2.45, 2.75) is 0 Å². The predicted molar refractivity (Wildman–Crippen MR) is 52.7 cm³/mol. The Morgan fingerprint density at radius 3 is 3.00 bits per heavy atom. The highest BCUT2D eigenvalue weighted by molar-refractivity contribution is 9.10. The van der Waals surface area contributed by atoms with Gasteiger partial charge in [0.15, 0.2) is 5.75 Å². The van der Waals surface area contributed by atoms with E-state index < -0.39 is 0 Å². The third-order valence-electron chi connectivity index (χ3n) is 1.73. The average Bonchev–Trinajstić information content (AvgIpc) is 2.16. The third kappa shape index (κ3) is 1.50. The van der Waals surface area contributed by atoms with Crippen LogP contribution in [-0.2, 0) is 0 Å². The van der Waals surface area contributed by atoms with Crippen molar-refractivity contribution < 1.29 is 10.1 Å². The summed E-state index contributed by atoms with van der Waals surface area (Å²) in [5.41, 5.74) is 0.646. The second kappa shape index (κ2) is 3.32. The van der Waals surface area contributed by atoms with E-state index in [9.17, 15) is 0 Å². The number of hydrogen-bond donors (Lipinski definition) is 1. The number of aromatic nitrogens is 1. The summed E-state index contributed by atoms with van der Waals surface area (Å²) in [5.74, 6) is 0.352. The molecule has 3 nitrogen and oxygen atoms in total. The Kier molecular flexibility index (Phi) is 2.16. The Morgan fingerprint density at radius 1 is 1.38 bits per heavy atom. The van der Waals surface area contributed by atoms with Gasteiger partial charge in [-0.2, -0.15) is 0 Å². The van der Waals surface area contributed by atoms with Crippen molar-refractivity contribution in [2.24, 2.45) is 0 Å². The van der Waals surface area contributed by atoms with Crippen LogP contribution in [0.3, 0.4) is 0 Å². The second-order valence-corrected chi connectivity index (χ2v) is 3.49. The van der Waals surface area contributed by atoms with Crippen LogP contribution < -0.4 is 4.89 Å². The molecule has 2 rings (SSSR count). The van der Waals surface area contributed by atoms with Gasteiger partial charge in [0, 0.05) is 22.1 Å². The van der Waals surface area contributed by atoms with Crippen LogP contribution in [0.25, 0.3) is 10.9 Å². The fraction of sp³-hybridized carbons (Fsp3) is 0. The van der Waals surface area contributed by atoms with Gasteiger partial charge in [-0.05, 0) is 12.1 Å². The van der Waals surface area contributed by atoms with Crippen molar-refractivity contribution in [3.05, 3.63) is 34.9 Å². The van der Waals surface area contributed by atoms with E-state index in [0.717, 1.165) is 9.86 Å². The zero-order valence-electron chi connectivity index (χ0n) is 6.57. The smallest absolute Gasteiger partial charge is 0.192 e. The van der Waals surface area contributed by atoms with Gasteiger partial charge < -0.3 is 4.89 Å². The molecule has 66 valence electrons. The van der Waals surface area contributed by atoms with Gasteiger partial charge in [0.2, 0.25) is 0 Å². The number of halogens is 1. The van der Waals surface area contributed by atoms with Crippen LogP contribution in [-0.4, -0.2) is 10.2 Å². The van der Waals surface area contributed by atoms with Crippen molar-refractivity contribution in [1.29, 1.82) is 0 Å². The van der Waals surface area contributed by atoms with E-state index in [-0.39, 0.29) is 0 Å². The van der Waals surface area contributed by atoms with Crippen molar-refractivity contribution in [2.75, 3.05) is 0 Å². The minimum Gasteiger partial charge on any atom is -0.338 e. The maximum Gasteiger partial charge on any atom is 0.192 e. The maximum atomic E-state index is 8.60. The minimum absolute atomic E-state index is 0.352. The second-order valence-electron chi connectivity index (χ2n) is 2.57. The van der Waals surface area contributed by atoms with E-state index in [1.807, 2.05) is 18.2 Å². The van der Waals surface area contributed by atoms with Crippen molar-refractivity contribution in [3.8, 4) is 5.75 Å². The number of benzene rings is 1. The van der Waals surface area contributed by atoms with Gasteiger partial charge in [-0.15, -0.1) is 0 Å². The summed E-state index contributed by atoms with van der Waals surface area (Å²) in [6, 6.07) is 7.30. The maximum absolute atomic E-state index is 8.60. The van der Waals surface area contributed by atoms with Gasteiger partial charge in [-0.3, -0.25) is 4.98 Å². The quantitative estimate of drug-likeness (QED) is 0.615. The molecule has 0 radical (unpaired) electrons. The Hall–Kier alpha value is -1.13. The van der Waals surface area contributed by atoms with Gasteiger partial charge in [0.1, 0.15) is 5.52 Å². The standard InChI is InChI=1S/C9H6BrNO2/c10-7-4-6-2-1-3-11-9(6)8(5-7)13-12/h1-5,12H. The van der Waals surface area contributed by atoms with Crippen molar-refractivity contribution in [1.82, 2.24) is 4.98 Å². The molecule has 2 aromatic rings. The van der Waals surface area contributed by atoms with E-state index >= 15 is 0 Å². The molecule has 0 aliphatic rings. The molecular weight excluding hydrogens is 234 g/mol. The van der Waals surface area contributed by atoms with E-state index in [4.69, 9.17) is 5.26 Å². The van der Waals surface area contributed by atoms with Crippen LogP contribution in [0.4, 0.5) is 0 Å². The molecule has 13 heavy (non-hydrogen) atoms. The molecule has 0 saturated heterocycles. The first-order valence-electron chi connectivity index (χ1n) is 3.67. The van der Waals surface area contributed by atoms with E-state index in [1.165, 1.54) is 0 Å². The molecule has 0 aliphatic carbocycles. The van der Waals surface area contributed by atoms with Crippen LogP contribution in [0.1, 0.15) is 0 Å². The summed E-state index contributed by atoms with van der Waals surface area (Å²) in [4.78, 5) is 8.30. The molecule has 0 spiro atoms. The zero-order valence-corrected chi connectivity index (χ0v) is 8.15. The first-order chi connectivity index (χ1) is 6.31. The molecule has 0 amide bonds. The first kappa shape index (κ1) is 8.47. The predicted octanol–water partition coefficient (Wildman–Crippen LogP) is 2.85. The van der Waals surface area contributed by atoms with Crippen molar-refractivity contribution in [3.63, 3.8) is 0 Å². The highest BCUT2D eigenvalue weighted by Crippen LogP contribution is 2.27. The first-order valence-corrected chi connectivity index (χ1v) is 4.46. The van der Waals surface area contributed by atoms with Crippen molar-refractivity contribution >= 4 is 26.8 Å². The summed E-state index contributed by atoms with van der Waals surface area (Å²) in [5, 5.41) is 9.52. The lowest BCUT2D eigenvalue weighted by Gasteiger charge is -2.02. The fourth-order valence-corrected chi connectivity index (χ4v) is 1.65. The number of fused-ring (bicyclic) bond motifs is 1. The highest BCUT2D eigenvalue weighted by Gasteiger charge is 2.04. The van der Waals surface area contributed by atoms with E-state index in [2.05, 4.69) is 25.8 Å². The summed E-state index contributed by atoms with van der Waals surface area (Å²) in [6.07, 6.45) is 1.65. The van der Waals surface area contributed by atoms with Gasteiger partial charge in [0.25, 0.3) is 0 Å². The summed E-state index contributed by atoms with van der Waals surface area (Å²) >= 11 is 3.31. The molecule has 0 fully saturated rings. The Balaban J connectivity index is 2.81. The molecular formula is C9H6BrNO2. The molecule has 0 bridgehead atoms. The number of rotatable bonds is 1. The van der Waals surface area contributed by atoms with Crippen LogP contribution >= 0.6 is 15.9 Å². The normalized spacial score (nSPS) is 10.3. The molecule has 1 heterocycles. The van der Waals surface area contributed by atoms with Crippen LogP contribution in [0, 0.1) is 0 Å². The summed E-state index contributed by atoms with van der Waals surface area (Å²) < 4.78 is 0.844. The lowest BCUT2D eigenvalue weighted by molar-refractivity contribution is -0.136. The Morgan fingerprint density at radius 2 is 2.23 bits per heavy atom. The largest absolute Gasteiger partial charge is 0.338 e. The molecule has 0 unspecified atom stereocenters. The number of nitrogens with zero attached hydrogens (tertiary/aromatic N) is 1. The Labute approximate surface area is 83.0 Å². The molecule has 0 aliphatic heterocycles. The summed E-state index contributed by atoms with van der Waals surface area (Å²) in [7, 11) is 0. The summed E-state index contributed by atoms with van der Waals surface area (Å²) in [6.45, 7) is 0. The number of pyridine rings is 1. The molecule has 1 aromatic carbocycles. The Bertz CT molecular complexity index is 445. The van der Waals surface area contributed by atoms with Gasteiger partial charge in [-0.1, -0.05) is 22.0 Å². The van der Waals surface area contributed by atoms with E-state index in [0.29, 0.717) is 11.3 Å². The zero-order chi connectivity index (χ0) is 9.26. The topological polar surface area (TPSA) is 42.4 Å². The van der Waals surface area contributed by atoms with Gasteiger partial charge in [0.05, 0.1) is 0 Å². The molecule has 1 N–H and O–H groups in total. The SMILES string of the molecule is OOc1cc(Br)cc2cccnc12. The third-order valence-corrected chi connectivity index (χ3v) is 2.19.